The van der Waals surface area contributed by atoms with Gasteiger partial charge in [-0.3, -0.25) is 0 Å². The van der Waals surface area contributed by atoms with E-state index < -0.39 is 12.2 Å². The molecule has 0 aromatic rings. The number of aliphatic hydroxyl groups is 2. The van der Waals surface area contributed by atoms with Gasteiger partial charge in [0, 0.05) is 0 Å². The summed E-state index contributed by atoms with van der Waals surface area (Å²) in [5.41, 5.74) is 0. The van der Waals surface area contributed by atoms with Crippen molar-refractivity contribution in [2.45, 2.75) is 37.9 Å². The van der Waals surface area contributed by atoms with Gasteiger partial charge in [-0.05, 0) is 24.7 Å². The summed E-state index contributed by atoms with van der Waals surface area (Å²) in [4.78, 5) is 0. The number of aliphatic hydroxyl groups excluding tert-OH is 2. The molecule has 0 amide bonds. The van der Waals surface area contributed by atoms with Gasteiger partial charge in [0.25, 0.3) is 0 Å². The van der Waals surface area contributed by atoms with Crippen molar-refractivity contribution in [3.05, 3.63) is 0 Å². The molecule has 2 N–H and O–H groups in total. The van der Waals surface area contributed by atoms with Crippen LogP contribution in [0.5, 0.6) is 0 Å². The molecule has 0 aromatic carbocycles. The Morgan fingerprint density at radius 1 is 0.800 bits per heavy atom. The van der Waals surface area contributed by atoms with Gasteiger partial charge in [-0.2, -0.15) is 0 Å². The monoisotopic (exact) mass is 142 g/mol. The smallest absolute Gasteiger partial charge is 0.0833 e. The first-order chi connectivity index (χ1) is 4.80. The summed E-state index contributed by atoms with van der Waals surface area (Å²) in [6.07, 6.45) is 3.94. The van der Waals surface area contributed by atoms with Gasteiger partial charge in [-0.25, -0.2) is 0 Å². The van der Waals surface area contributed by atoms with E-state index in [0.717, 1.165) is 12.8 Å². The van der Waals surface area contributed by atoms with Crippen LogP contribution in [-0.4, -0.2) is 22.4 Å². The summed E-state index contributed by atoms with van der Waals surface area (Å²) < 4.78 is 0. The van der Waals surface area contributed by atoms with Crippen molar-refractivity contribution in [1.82, 2.24) is 0 Å². The molecule has 0 aliphatic heterocycles. The molecular formula is C8H14O2. The lowest BCUT2D eigenvalue weighted by Gasteiger charge is -2.49. The number of rotatable bonds is 0. The van der Waals surface area contributed by atoms with E-state index in [1.165, 1.54) is 12.8 Å². The molecule has 2 aliphatic rings. The molecule has 0 radical (unpaired) electrons. The van der Waals surface area contributed by atoms with E-state index in [9.17, 15) is 10.2 Å². The molecule has 2 fully saturated rings. The summed E-state index contributed by atoms with van der Waals surface area (Å²) in [6, 6.07) is 0. The first kappa shape index (κ1) is 6.62. The van der Waals surface area contributed by atoms with Crippen molar-refractivity contribution < 1.29 is 10.2 Å². The van der Waals surface area contributed by atoms with Crippen molar-refractivity contribution in [2.24, 2.45) is 11.8 Å². The minimum Gasteiger partial charge on any atom is -0.390 e. The van der Waals surface area contributed by atoms with Gasteiger partial charge in [0.15, 0.2) is 0 Å². The van der Waals surface area contributed by atoms with Crippen LogP contribution in [0.4, 0.5) is 0 Å². The standard InChI is InChI=1S/C8H14O2/c9-7-5-3-1-2-4-6(5)8(7)10/h5-10H,1-4H2. The maximum absolute atomic E-state index is 9.26. The van der Waals surface area contributed by atoms with Gasteiger partial charge in [-0.1, -0.05) is 12.8 Å². The third-order valence-electron chi connectivity index (χ3n) is 3.10. The van der Waals surface area contributed by atoms with E-state index in [1.54, 1.807) is 0 Å². The molecule has 10 heavy (non-hydrogen) atoms. The SMILES string of the molecule is OC1C(O)C2CCCCC12. The Labute approximate surface area is 60.9 Å². The zero-order valence-electron chi connectivity index (χ0n) is 6.03. The largest absolute Gasteiger partial charge is 0.390 e. The van der Waals surface area contributed by atoms with Crippen molar-refractivity contribution in [3.63, 3.8) is 0 Å². The van der Waals surface area contributed by atoms with E-state index in [-0.39, 0.29) is 0 Å². The second-order valence-electron chi connectivity index (χ2n) is 3.59. The van der Waals surface area contributed by atoms with Crippen LogP contribution >= 0.6 is 0 Å². The molecule has 0 saturated heterocycles. The highest BCUT2D eigenvalue weighted by molar-refractivity contribution is 4.98. The molecule has 0 spiro atoms. The Bertz CT molecular complexity index is 119. The van der Waals surface area contributed by atoms with Crippen LogP contribution in [0.3, 0.4) is 0 Å². The molecule has 2 nitrogen and oxygen atoms in total. The predicted molar refractivity (Wildman–Crippen MR) is 37.5 cm³/mol. The van der Waals surface area contributed by atoms with Gasteiger partial charge in [0.2, 0.25) is 0 Å². The molecule has 0 bridgehead atoms. The second-order valence-corrected chi connectivity index (χ2v) is 3.59. The minimum atomic E-state index is -0.398. The Balaban J connectivity index is 2.00. The zero-order chi connectivity index (χ0) is 7.14. The summed E-state index contributed by atoms with van der Waals surface area (Å²) >= 11 is 0. The van der Waals surface area contributed by atoms with Crippen LogP contribution in [-0.2, 0) is 0 Å². The van der Waals surface area contributed by atoms with Crippen molar-refractivity contribution in [2.75, 3.05) is 0 Å². The normalized spacial score (nSPS) is 53.4. The summed E-state index contributed by atoms with van der Waals surface area (Å²) in [5.74, 6) is 0.868. The van der Waals surface area contributed by atoms with Crippen molar-refractivity contribution in [1.29, 1.82) is 0 Å². The van der Waals surface area contributed by atoms with Crippen LogP contribution < -0.4 is 0 Å². The molecule has 0 aromatic heterocycles. The van der Waals surface area contributed by atoms with Crippen molar-refractivity contribution in [3.8, 4) is 0 Å². The Kier molecular flexibility index (Phi) is 1.46. The molecule has 4 unspecified atom stereocenters. The van der Waals surface area contributed by atoms with Gasteiger partial charge in [0.1, 0.15) is 0 Å². The summed E-state index contributed by atoms with van der Waals surface area (Å²) in [5, 5.41) is 18.5. The van der Waals surface area contributed by atoms with Crippen LogP contribution in [0.1, 0.15) is 25.7 Å². The highest BCUT2D eigenvalue weighted by Gasteiger charge is 2.48. The quantitative estimate of drug-likeness (QED) is 0.518. The van der Waals surface area contributed by atoms with Crippen LogP contribution in [0.25, 0.3) is 0 Å². The van der Waals surface area contributed by atoms with Gasteiger partial charge < -0.3 is 10.2 Å². The number of fused-ring (bicyclic) bond motifs is 1. The molecule has 2 heteroatoms. The van der Waals surface area contributed by atoms with E-state index in [0.29, 0.717) is 11.8 Å². The molecule has 2 aliphatic carbocycles. The average molecular weight is 142 g/mol. The average Bonchev–Trinajstić information content (AvgIpc) is 2.03. The lowest BCUT2D eigenvalue weighted by molar-refractivity contribution is -0.168. The van der Waals surface area contributed by atoms with E-state index >= 15 is 0 Å². The van der Waals surface area contributed by atoms with E-state index in [2.05, 4.69) is 0 Å². The summed E-state index contributed by atoms with van der Waals surface area (Å²) in [6.45, 7) is 0. The molecular weight excluding hydrogens is 128 g/mol. The molecule has 0 heterocycles. The number of hydrogen-bond donors (Lipinski definition) is 2. The zero-order valence-corrected chi connectivity index (χ0v) is 6.03. The molecule has 2 saturated carbocycles. The van der Waals surface area contributed by atoms with Crippen LogP contribution in [0.2, 0.25) is 0 Å². The third-order valence-corrected chi connectivity index (χ3v) is 3.10. The highest BCUT2D eigenvalue weighted by Crippen LogP contribution is 2.44. The first-order valence-electron chi connectivity index (χ1n) is 4.17. The maximum atomic E-state index is 9.26. The van der Waals surface area contributed by atoms with Crippen molar-refractivity contribution >= 4 is 0 Å². The van der Waals surface area contributed by atoms with E-state index in [4.69, 9.17) is 0 Å². The first-order valence-corrected chi connectivity index (χ1v) is 4.17. The molecule has 4 atom stereocenters. The topological polar surface area (TPSA) is 40.5 Å². The second kappa shape index (κ2) is 2.21. The highest BCUT2D eigenvalue weighted by atomic mass is 16.3. The third kappa shape index (κ3) is 0.722. The summed E-state index contributed by atoms with van der Waals surface area (Å²) in [7, 11) is 0. The Morgan fingerprint density at radius 3 is 1.60 bits per heavy atom. The maximum Gasteiger partial charge on any atom is 0.0833 e. The van der Waals surface area contributed by atoms with Crippen LogP contribution in [0, 0.1) is 11.8 Å². The van der Waals surface area contributed by atoms with Crippen LogP contribution in [0.15, 0.2) is 0 Å². The fourth-order valence-electron chi connectivity index (χ4n) is 2.40. The Hall–Kier alpha value is -0.0800. The predicted octanol–water partition coefficient (Wildman–Crippen LogP) is 0.528. The lowest BCUT2D eigenvalue weighted by Crippen LogP contribution is -2.56. The fourth-order valence-corrected chi connectivity index (χ4v) is 2.40. The van der Waals surface area contributed by atoms with E-state index in [1.807, 2.05) is 0 Å². The number of hydrogen-bond acceptors (Lipinski definition) is 2. The minimum absolute atomic E-state index is 0.398. The van der Waals surface area contributed by atoms with Gasteiger partial charge in [0.05, 0.1) is 12.2 Å². The Morgan fingerprint density at radius 2 is 1.20 bits per heavy atom. The van der Waals surface area contributed by atoms with Gasteiger partial charge >= 0.3 is 0 Å². The lowest BCUT2D eigenvalue weighted by atomic mass is 9.61. The molecule has 58 valence electrons. The fraction of sp³-hybridized carbons (Fsp3) is 1.00. The van der Waals surface area contributed by atoms with Gasteiger partial charge in [-0.15, -0.1) is 0 Å². The molecule has 2 rings (SSSR count).